The number of amidine groups is 1. The van der Waals surface area contributed by atoms with E-state index in [1.54, 1.807) is 0 Å². The smallest absolute Gasteiger partial charge is 0.293 e. The minimum atomic E-state index is -1.48. The maximum absolute atomic E-state index is 10.1. The van der Waals surface area contributed by atoms with Crippen LogP contribution >= 0.6 is 0 Å². The van der Waals surface area contributed by atoms with Crippen LogP contribution in [0.25, 0.3) is 11.1 Å². The van der Waals surface area contributed by atoms with Crippen LogP contribution in [0, 0.1) is 33.5 Å². The quantitative estimate of drug-likeness (QED) is 0.890. The van der Waals surface area contributed by atoms with Gasteiger partial charge >= 0.3 is 0 Å². The van der Waals surface area contributed by atoms with Crippen molar-refractivity contribution in [3.63, 3.8) is 0 Å². The Morgan fingerprint density at radius 2 is 1.56 bits per heavy atom. The van der Waals surface area contributed by atoms with Crippen LogP contribution in [0.15, 0.2) is 59.6 Å². The van der Waals surface area contributed by atoms with Gasteiger partial charge in [-0.2, -0.15) is 10.5 Å². The van der Waals surface area contributed by atoms with Crippen molar-refractivity contribution in [2.45, 2.75) is 11.8 Å². The lowest BCUT2D eigenvalue weighted by molar-refractivity contribution is -0.184. The first-order chi connectivity index (χ1) is 13.1. The zero-order valence-corrected chi connectivity index (χ0v) is 14.4. The number of nitrogens with zero attached hydrogens (tertiary/aromatic N) is 3. The van der Waals surface area contributed by atoms with Crippen molar-refractivity contribution >= 4 is 5.84 Å². The van der Waals surface area contributed by atoms with Gasteiger partial charge in [0.05, 0.1) is 25.4 Å². The molecule has 3 atom stereocenters. The van der Waals surface area contributed by atoms with Crippen LogP contribution in [0.2, 0.25) is 0 Å². The van der Waals surface area contributed by atoms with E-state index < -0.39 is 22.7 Å². The van der Waals surface area contributed by atoms with Crippen molar-refractivity contribution < 1.29 is 9.47 Å². The van der Waals surface area contributed by atoms with Crippen molar-refractivity contribution in [2.24, 2.45) is 21.6 Å². The SMILES string of the molecule is N#CC12C(N)=NC3(OCCO3)C1(C#N)C2c1ccc(-c2ccccc2)cc1. The second kappa shape index (κ2) is 5.17. The Morgan fingerprint density at radius 1 is 0.926 bits per heavy atom. The number of fused-ring (bicyclic) bond motifs is 2. The zero-order valence-electron chi connectivity index (χ0n) is 14.4. The van der Waals surface area contributed by atoms with Crippen LogP contribution < -0.4 is 5.73 Å². The van der Waals surface area contributed by atoms with Crippen LogP contribution in [0.1, 0.15) is 11.5 Å². The van der Waals surface area contributed by atoms with E-state index in [4.69, 9.17) is 15.2 Å². The minimum Gasteiger partial charge on any atom is -0.386 e. The van der Waals surface area contributed by atoms with Crippen LogP contribution in [0.3, 0.4) is 0 Å². The highest BCUT2D eigenvalue weighted by atomic mass is 16.8. The van der Waals surface area contributed by atoms with E-state index >= 15 is 0 Å². The van der Waals surface area contributed by atoms with Crippen molar-refractivity contribution in [3.8, 4) is 23.3 Å². The van der Waals surface area contributed by atoms with E-state index in [9.17, 15) is 10.5 Å². The van der Waals surface area contributed by atoms with Crippen LogP contribution in [0.5, 0.6) is 0 Å². The monoisotopic (exact) mass is 356 g/mol. The van der Waals surface area contributed by atoms with Gasteiger partial charge in [0, 0.05) is 5.92 Å². The van der Waals surface area contributed by atoms with Gasteiger partial charge in [0.1, 0.15) is 11.3 Å². The number of benzene rings is 2. The third-order valence-electron chi connectivity index (χ3n) is 5.96. The zero-order chi connectivity index (χ0) is 18.7. The van der Waals surface area contributed by atoms with Gasteiger partial charge in [-0.3, -0.25) is 0 Å². The maximum Gasteiger partial charge on any atom is 0.293 e. The number of hydrogen-bond acceptors (Lipinski definition) is 6. The summed E-state index contributed by atoms with van der Waals surface area (Å²) in [4.78, 5) is 4.28. The van der Waals surface area contributed by atoms with Crippen LogP contribution in [0.4, 0.5) is 0 Å². The molecule has 1 aliphatic carbocycles. The molecule has 1 spiro atoms. The first kappa shape index (κ1) is 16.0. The van der Waals surface area contributed by atoms with E-state index in [0.717, 1.165) is 16.7 Å². The first-order valence-corrected chi connectivity index (χ1v) is 8.77. The van der Waals surface area contributed by atoms with Crippen molar-refractivity contribution in [2.75, 3.05) is 13.2 Å². The fourth-order valence-corrected chi connectivity index (χ4v) is 4.72. The standard InChI is InChI=1S/C21H16N4O2/c22-12-19-17(16-8-6-15(7-9-16)14-4-2-1-3-5-14)20(19,13-23)21(25-18(19)24)26-10-11-27-21/h1-9,17H,10-11H2,(H2,24,25). The molecule has 0 radical (unpaired) electrons. The Bertz CT molecular complexity index is 1030. The molecule has 1 saturated heterocycles. The molecule has 0 bridgehead atoms. The molecule has 5 rings (SSSR count). The lowest BCUT2D eigenvalue weighted by atomic mass is 9.93. The van der Waals surface area contributed by atoms with Gasteiger partial charge in [0.15, 0.2) is 5.41 Å². The molecule has 132 valence electrons. The fourth-order valence-electron chi connectivity index (χ4n) is 4.72. The summed E-state index contributed by atoms with van der Waals surface area (Å²) in [6.07, 6.45) is 0. The first-order valence-electron chi connectivity index (χ1n) is 8.77. The highest BCUT2D eigenvalue weighted by Gasteiger charge is 2.94. The number of nitriles is 2. The number of rotatable bonds is 2. The number of hydrogen-bond donors (Lipinski definition) is 1. The van der Waals surface area contributed by atoms with Crippen molar-refractivity contribution in [1.29, 1.82) is 10.5 Å². The summed E-state index contributed by atoms with van der Waals surface area (Å²) in [5.41, 5.74) is 6.68. The molecule has 3 unspecified atom stereocenters. The summed E-state index contributed by atoms with van der Waals surface area (Å²) >= 11 is 0. The second-order valence-corrected chi connectivity index (χ2v) is 7.04. The van der Waals surface area contributed by atoms with Gasteiger partial charge < -0.3 is 15.2 Å². The summed E-state index contributed by atoms with van der Waals surface area (Å²) in [5.74, 6) is -1.81. The molecule has 2 aromatic carbocycles. The van der Waals surface area contributed by atoms with Gasteiger partial charge in [-0.1, -0.05) is 54.6 Å². The van der Waals surface area contributed by atoms with Crippen LogP contribution in [-0.4, -0.2) is 25.0 Å². The fraction of sp³-hybridized carbons (Fsp3) is 0.286. The highest BCUT2D eigenvalue weighted by molar-refractivity contribution is 6.00. The molecular weight excluding hydrogens is 340 g/mol. The minimum absolute atomic E-state index is 0.116. The van der Waals surface area contributed by atoms with Crippen LogP contribution in [-0.2, 0) is 9.47 Å². The predicted octanol–water partition coefficient (Wildman–Crippen LogP) is 2.54. The van der Waals surface area contributed by atoms with Gasteiger partial charge in [0.25, 0.3) is 5.91 Å². The molecule has 0 amide bonds. The maximum atomic E-state index is 10.1. The Hall–Kier alpha value is -3.19. The molecule has 2 fully saturated rings. The molecule has 6 heteroatoms. The lowest BCUT2D eigenvalue weighted by Crippen LogP contribution is -2.38. The third-order valence-corrected chi connectivity index (χ3v) is 5.96. The van der Waals surface area contributed by atoms with Gasteiger partial charge in [-0.25, -0.2) is 4.99 Å². The molecule has 2 aromatic rings. The Kier molecular flexibility index (Phi) is 3.07. The molecule has 27 heavy (non-hydrogen) atoms. The van der Waals surface area contributed by atoms with Gasteiger partial charge in [-0.15, -0.1) is 0 Å². The Morgan fingerprint density at radius 3 is 2.15 bits per heavy atom. The van der Waals surface area contributed by atoms with Gasteiger partial charge in [-0.05, 0) is 16.7 Å². The summed E-state index contributed by atoms with van der Waals surface area (Å²) in [6.45, 7) is 0.642. The van der Waals surface area contributed by atoms with Crippen molar-refractivity contribution in [3.05, 3.63) is 60.2 Å². The molecule has 2 N–H and O–H groups in total. The number of nitrogens with two attached hydrogens (primary N) is 1. The molecule has 6 nitrogen and oxygen atoms in total. The third kappa shape index (κ3) is 1.67. The molecule has 3 aliphatic rings. The summed E-state index contributed by atoms with van der Waals surface area (Å²) < 4.78 is 11.5. The normalized spacial score (nSPS) is 32.4. The highest BCUT2D eigenvalue weighted by Crippen LogP contribution is 2.82. The second-order valence-electron chi connectivity index (χ2n) is 7.04. The topological polar surface area (TPSA) is 104 Å². The number of ether oxygens (including phenoxy) is 2. The number of aliphatic imine (C=N–C) groups is 1. The summed E-state index contributed by atoms with van der Waals surface area (Å²) in [6, 6.07) is 22.4. The lowest BCUT2D eigenvalue weighted by Gasteiger charge is -2.25. The molecule has 2 aliphatic heterocycles. The van der Waals surface area contributed by atoms with Crippen molar-refractivity contribution in [1.82, 2.24) is 0 Å². The Balaban J connectivity index is 1.59. The largest absolute Gasteiger partial charge is 0.386 e. The van der Waals surface area contributed by atoms with E-state index in [-0.39, 0.29) is 5.84 Å². The average molecular weight is 356 g/mol. The molecular formula is C21H16N4O2. The van der Waals surface area contributed by atoms with E-state index in [0.29, 0.717) is 13.2 Å². The summed E-state index contributed by atoms with van der Waals surface area (Å²) in [7, 11) is 0. The molecule has 1 saturated carbocycles. The molecule has 0 aromatic heterocycles. The summed E-state index contributed by atoms with van der Waals surface area (Å²) in [5, 5.41) is 20.0. The van der Waals surface area contributed by atoms with E-state index in [1.165, 1.54) is 0 Å². The van der Waals surface area contributed by atoms with E-state index in [2.05, 4.69) is 17.1 Å². The molecule has 2 heterocycles. The van der Waals surface area contributed by atoms with Gasteiger partial charge in [0.2, 0.25) is 0 Å². The predicted molar refractivity (Wildman–Crippen MR) is 97.0 cm³/mol. The Labute approximate surface area is 156 Å². The average Bonchev–Trinajstić information content (AvgIpc) is 2.97. The van der Waals surface area contributed by atoms with E-state index in [1.807, 2.05) is 54.6 Å².